The van der Waals surface area contributed by atoms with E-state index in [1.54, 1.807) is 18.2 Å². The molecule has 0 saturated heterocycles. The van der Waals surface area contributed by atoms with Crippen molar-refractivity contribution in [1.82, 2.24) is 20.5 Å². The molecule has 5 rings (SSSR count). The van der Waals surface area contributed by atoms with E-state index in [0.29, 0.717) is 29.8 Å². The minimum Gasteiger partial charge on any atom is -0.337 e. The highest BCUT2D eigenvalue weighted by Crippen LogP contribution is 2.54. The molecule has 2 aromatic carbocycles. The molecule has 1 aromatic heterocycles. The van der Waals surface area contributed by atoms with E-state index < -0.39 is 29.5 Å². The summed E-state index contributed by atoms with van der Waals surface area (Å²) in [4.78, 5) is 29.5. The highest BCUT2D eigenvalue weighted by Gasteiger charge is 2.51. The smallest absolute Gasteiger partial charge is 0.291 e. The Bertz CT molecular complexity index is 1300. The van der Waals surface area contributed by atoms with Crippen LogP contribution in [0.1, 0.15) is 45.5 Å². The summed E-state index contributed by atoms with van der Waals surface area (Å²) in [5, 5.41) is 20.7. The second-order valence-corrected chi connectivity index (χ2v) is 7.89. The third-order valence-corrected chi connectivity index (χ3v) is 5.73. The zero-order valence-electron chi connectivity index (χ0n) is 16.5. The zero-order chi connectivity index (χ0) is 22.4. The van der Waals surface area contributed by atoms with Gasteiger partial charge < -0.3 is 10.6 Å². The van der Waals surface area contributed by atoms with E-state index in [2.05, 4.69) is 31.9 Å². The van der Waals surface area contributed by atoms with Crippen molar-refractivity contribution in [2.45, 2.75) is 24.8 Å². The number of amides is 2. The van der Waals surface area contributed by atoms with Crippen molar-refractivity contribution in [3.8, 4) is 6.07 Å². The Balaban J connectivity index is 1.30. The molecule has 3 aromatic rings. The Morgan fingerprint density at radius 2 is 2.12 bits per heavy atom. The fraction of sp³-hybridized carbons (Fsp3) is 0.227. The van der Waals surface area contributed by atoms with Crippen LogP contribution >= 0.6 is 0 Å². The predicted molar refractivity (Wildman–Crippen MR) is 107 cm³/mol. The van der Waals surface area contributed by atoms with Crippen molar-refractivity contribution in [3.63, 3.8) is 0 Å². The van der Waals surface area contributed by atoms with Gasteiger partial charge in [-0.25, -0.2) is 13.8 Å². The molecule has 2 heterocycles. The number of carbonyl (C=O) groups excluding carboxylic acids is 2. The topological polar surface area (TPSA) is 124 Å². The number of aromatic amines is 1. The number of rotatable bonds is 4. The van der Waals surface area contributed by atoms with Crippen LogP contribution in [0.3, 0.4) is 0 Å². The van der Waals surface area contributed by atoms with Gasteiger partial charge in [-0.2, -0.15) is 5.26 Å². The van der Waals surface area contributed by atoms with Gasteiger partial charge >= 0.3 is 0 Å². The predicted octanol–water partition coefficient (Wildman–Crippen LogP) is 2.40. The molecule has 8 nitrogen and oxygen atoms in total. The lowest BCUT2D eigenvalue weighted by atomic mass is 10.1. The Labute approximate surface area is 180 Å². The first kappa shape index (κ1) is 19.8. The fourth-order valence-electron chi connectivity index (χ4n) is 4.15. The number of fused-ring (bicyclic) bond motifs is 3. The monoisotopic (exact) mass is 434 g/mol. The van der Waals surface area contributed by atoms with Gasteiger partial charge in [0.05, 0.1) is 17.3 Å². The number of nitriles is 1. The number of halogens is 2. The number of nitrogens with one attached hydrogen (secondary N) is 3. The molecule has 1 saturated carbocycles. The Morgan fingerprint density at radius 1 is 1.28 bits per heavy atom. The molecule has 3 N–H and O–H groups in total. The quantitative estimate of drug-likeness (QED) is 0.582. The van der Waals surface area contributed by atoms with E-state index >= 15 is 0 Å². The van der Waals surface area contributed by atoms with Crippen LogP contribution in [0.2, 0.25) is 0 Å². The normalized spacial score (nSPS) is 20.9. The Kier molecular flexibility index (Phi) is 4.66. The van der Waals surface area contributed by atoms with Gasteiger partial charge in [0.25, 0.3) is 5.91 Å². The third-order valence-electron chi connectivity index (χ3n) is 5.73. The number of nitrogens with zero attached hydrogens (tertiary/aromatic N) is 3. The number of hydrogen-bond donors (Lipinski definition) is 3. The third kappa shape index (κ3) is 3.58. The first-order chi connectivity index (χ1) is 15.4. The maximum Gasteiger partial charge on any atom is 0.291 e. The molecular formula is C22H16F2N6O2. The lowest BCUT2D eigenvalue weighted by Crippen LogP contribution is -2.45. The van der Waals surface area contributed by atoms with Crippen LogP contribution < -0.4 is 10.6 Å². The first-order valence-corrected chi connectivity index (χ1v) is 9.94. The molecule has 2 amide bonds. The molecule has 0 radical (unpaired) electrons. The summed E-state index contributed by atoms with van der Waals surface area (Å²) in [5.74, 6) is -2.99. The molecule has 1 aliphatic heterocycles. The first-order valence-electron chi connectivity index (χ1n) is 9.94. The highest BCUT2D eigenvalue weighted by molar-refractivity contribution is 6.01. The van der Waals surface area contributed by atoms with Crippen LogP contribution in [-0.4, -0.2) is 33.0 Å². The zero-order valence-corrected chi connectivity index (χ0v) is 16.5. The summed E-state index contributed by atoms with van der Waals surface area (Å²) in [6.07, 6.45) is 0.868. The summed E-state index contributed by atoms with van der Waals surface area (Å²) in [7, 11) is 0. The second-order valence-electron chi connectivity index (χ2n) is 7.89. The average molecular weight is 434 g/mol. The summed E-state index contributed by atoms with van der Waals surface area (Å²) in [6, 6.07) is 10.1. The van der Waals surface area contributed by atoms with Gasteiger partial charge in [0.2, 0.25) is 11.7 Å². The van der Waals surface area contributed by atoms with Crippen molar-refractivity contribution in [2.75, 3.05) is 5.32 Å². The van der Waals surface area contributed by atoms with E-state index in [1.807, 2.05) is 6.07 Å². The van der Waals surface area contributed by atoms with Gasteiger partial charge in [-0.05, 0) is 47.6 Å². The van der Waals surface area contributed by atoms with Crippen LogP contribution in [0.5, 0.6) is 0 Å². The Hall–Kier alpha value is -4.13. The highest BCUT2D eigenvalue weighted by atomic mass is 19.1. The lowest BCUT2D eigenvalue weighted by Gasteiger charge is -2.15. The fourth-order valence-corrected chi connectivity index (χ4v) is 4.15. The summed E-state index contributed by atoms with van der Waals surface area (Å²) in [5.41, 5.74) is 1.69. The molecule has 1 aliphatic carbocycles. The number of aromatic nitrogens is 3. The standard InChI is InChI=1S/C22H16F2N6O2/c23-12-6-14-13-8-15(13)19(21(31)27-18(14)16(24)7-12)28-22(32)20-26-17(29-30-20)5-10-2-1-3-11(4-10)9-25/h1-4,6-7,13,15,19H,5,8H2,(H,27,31)(H,28,32)(H,26,29,30)/t13?,15-,19?/m0/s1. The van der Waals surface area contributed by atoms with Gasteiger partial charge in [-0.15, -0.1) is 5.10 Å². The molecule has 2 unspecified atom stereocenters. The molecule has 0 spiro atoms. The van der Waals surface area contributed by atoms with E-state index in [-0.39, 0.29) is 23.3 Å². The number of carbonyl (C=O) groups is 2. The van der Waals surface area contributed by atoms with Gasteiger partial charge in [0.15, 0.2) is 0 Å². The molecule has 1 fully saturated rings. The maximum absolute atomic E-state index is 14.2. The van der Waals surface area contributed by atoms with Crippen LogP contribution in [0.25, 0.3) is 0 Å². The Morgan fingerprint density at radius 3 is 2.94 bits per heavy atom. The number of benzene rings is 2. The average Bonchev–Trinajstić information content (AvgIpc) is 3.44. The minimum absolute atomic E-state index is 0.0413. The van der Waals surface area contributed by atoms with Crippen molar-refractivity contribution >= 4 is 17.5 Å². The number of anilines is 1. The number of H-pyrrole nitrogens is 1. The van der Waals surface area contributed by atoms with Crippen molar-refractivity contribution in [1.29, 1.82) is 5.26 Å². The maximum atomic E-state index is 14.2. The second kappa shape index (κ2) is 7.53. The minimum atomic E-state index is -0.920. The molecule has 10 heteroatoms. The molecule has 32 heavy (non-hydrogen) atoms. The summed E-state index contributed by atoms with van der Waals surface area (Å²) < 4.78 is 27.8. The molecule has 2 aliphatic rings. The molecular weight excluding hydrogens is 418 g/mol. The van der Waals surface area contributed by atoms with Crippen LogP contribution in [-0.2, 0) is 11.2 Å². The molecule has 160 valence electrons. The van der Waals surface area contributed by atoms with Crippen molar-refractivity contribution < 1.29 is 18.4 Å². The van der Waals surface area contributed by atoms with Crippen LogP contribution in [0.15, 0.2) is 36.4 Å². The van der Waals surface area contributed by atoms with E-state index in [1.165, 1.54) is 6.07 Å². The summed E-state index contributed by atoms with van der Waals surface area (Å²) in [6.45, 7) is 0. The van der Waals surface area contributed by atoms with Crippen molar-refractivity contribution in [3.05, 3.63) is 76.4 Å². The van der Waals surface area contributed by atoms with E-state index in [9.17, 15) is 18.4 Å². The summed E-state index contributed by atoms with van der Waals surface area (Å²) >= 11 is 0. The molecule has 0 bridgehead atoms. The molecule has 3 atom stereocenters. The van der Waals surface area contributed by atoms with Crippen LogP contribution in [0, 0.1) is 28.9 Å². The van der Waals surface area contributed by atoms with Gasteiger partial charge in [0.1, 0.15) is 23.5 Å². The largest absolute Gasteiger partial charge is 0.337 e. The van der Waals surface area contributed by atoms with Crippen molar-refractivity contribution in [2.24, 2.45) is 5.92 Å². The van der Waals surface area contributed by atoms with Crippen LogP contribution in [0.4, 0.5) is 14.5 Å². The SMILES string of the molecule is N#Cc1cccc(Cc2nc(C(=O)NC3C(=O)Nc4c(F)cc(F)cc4C4C[C@H]34)n[nH]2)c1. The van der Waals surface area contributed by atoms with Gasteiger partial charge in [0, 0.05) is 12.5 Å². The number of hydrogen-bond acceptors (Lipinski definition) is 5. The van der Waals surface area contributed by atoms with E-state index in [0.717, 1.165) is 11.6 Å². The van der Waals surface area contributed by atoms with Gasteiger partial charge in [-0.1, -0.05) is 12.1 Å². The van der Waals surface area contributed by atoms with E-state index in [4.69, 9.17) is 5.26 Å². The van der Waals surface area contributed by atoms with Gasteiger partial charge in [-0.3, -0.25) is 14.7 Å². The lowest BCUT2D eigenvalue weighted by molar-refractivity contribution is -0.118.